The molecule has 0 radical (unpaired) electrons. The van der Waals surface area contributed by atoms with Crippen molar-refractivity contribution >= 4 is 32.7 Å². The third kappa shape index (κ3) is 4.02. The van der Waals surface area contributed by atoms with Gasteiger partial charge in [-0.2, -0.15) is 0 Å². The van der Waals surface area contributed by atoms with E-state index >= 15 is 0 Å². The molecule has 0 bridgehead atoms. The molecule has 1 N–H and O–H groups in total. The van der Waals surface area contributed by atoms with Gasteiger partial charge in [0.1, 0.15) is 22.4 Å². The topological polar surface area (TPSA) is 59.8 Å². The summed E-state index contributed by atoms with van der Waals surface area (Å²) in [7, 11) is 0. The SMILES string of the molecule is CC(F)(F)C1CC1n1cc2c(NCc3cccc(C(F)F)c3F)ncnc2c(Br)c1=O. The van der Waals surface area contributed by atoms with Crippen LogP contribution in [0.5, 0.6) is 0 Å². The van der Waals surface area contributed by atoms with Crippen LogP contribution < -0.4 is 10.9 Å². The first-order chi connectivity index (χ1) is 14.6. The Labute approximate surface area is 181 Å². The Bertz CT molecular complexity index is 1210. The Hall–Kier alpha value is -2.56. The fourth-order valence-corrected chi connectivity index (χ4v) is 4.13. The van der Waals surface area contributed by atoms with E-state index in [9.17, 15) is 26.7 Å². The number of rotatable bonds is 6. The molecule has 2 aromatic heterocycles. The van der Waals surface area contributed by atoms with Gasteiger partial charge >= 0.3 is 0 Å². The molecule has 0 amide bonds. The highest BCUT2D eigenvalue weighted by atomic mass is 79.9. The van der Waals surface area contributed by atoms with Crippen LogP contribution in [-0.4, -0.2) is 20.5 Å². The number of hydrogen-bond acceptors (Lipinski definition) is 4. The van der Waals surface area contributed by atoms with Gasteiger partial charge in [-0.1, -0.05) is 18.2 Å². The summed E-state index contributed by atoms with van der Waals surface area (Å²) in [5.74, 6) is -4.69. The molecule has 0 saturated heterocycles. The number of benzene rings is 1. The van der Waals surface area contributed by atoms with E-state index in [4.69, 9.17) is 0 Å². The van der Waals surface area contributed by atoms with Crippen LogP contribution >= 0.6 is 15.9 Å². The van der Waals surface area contributed by atoms with Gasteiger partial charge in [0.2, 0.25) is 5.92 Å². The van der Waals surface area contributed by atoms with E-state index in [1.807, 2.05) is 0 Å². The Kier molecular flexibility index (Phi) is 5.48. The standard InChI is InChI=1S/C20H16BrF5N4O/c1-20(25,26)12-5-13(12)30-7-11-16(14(21)19(30)31)28-8-29-18(11)27-6-9-3-2-4-10(15(9)22)17(23)24/h2-4,7-8,12-13,17H,5-6H2,1H3,(H,27,28,29). The van der Waals surface area contributed by atoms with E-state index in [1.54, 1.807) is 0 Å². The van der Waals surface area contributed by atoms with Crippen LogP contribution in [0.1, 0.15) is 36.9 Å². The normalized spacial score (nSPS) is 18.6. The molecule has 11 heteroatoms. The predicted molar refractivity (Wildman–Crippen MR) is 108 cm³/mol. The monoisotopic (exact) mass is 502 g/mol. The van der Waals surface area contributed by atoms with Crippen LogP contribution in [0.2, 0.25) is 0 Å². The predicted octanol–water partition coefficient (Wildman–Crippen LogP) is 5.46. The quantitative estimate of drug-likeness (QED) is 0.454. The minimum absolute atomic E-state index is 0.00447. The minimum Gasteiger partial charge on any atom is -0.365 e. The van der Waals surface area contributed by atoms with Gasteiger partial charge in [-0.3, -0.25) is 4.79 Å². The first-order valence-electron chi connectivity index (χ1n) is 9.32. The molecule has 0 aliphatic heterocycles. The largest absolute Gasteiger partial charge is 0.365 e. The Morgan fingerprint density at radius 1 is 1.32 bits per heavy atom. The lowest BCUT2D eigenvalue weighted by Gasteiger charge is -2.14. The molecule has 1 aromatic carbocycles. The zero-order valence-electron chi connectivity index (χ0n) is 16.1. The molecule has 1 fully saturated rings. The molecule has 1 aliphatic carbocycles. The maximum absolute atomic E-state index is 14.3. The first kappa shape index (κ1) is 21.7. The van der Waals surface area contributed by atoms with Crippen molar-refractivity contribution in [2.45, 2.75) is 38.3 Å². The summed E-state index contributed by atoms with van der Waals surface area (Å²) < 4.78 is 68.8. The van der Waals surface area contributed by atoms with Crippen molar-refractivity contribution < 1.29 is 22.0 Å². The van der Waals surface area contributed by atoms with Gasteiger partial charge in [0.25, 0.3) is 12.0 Å². The summed E-state index contributed by atoms with van der Waals surface area (Å²) in [6, 6.07) is 3.03. The zero-order valence-corrected chi connectivity index (χ0v) is 17.6. The molecule has 5 nitrogen and oxygen atoms in total. The van der Waals surface area contributed by atoms with Gasteiger partial charge in [-0.25, -0.2) is 31.9 Å². The Balaban J connectivity index is 1.70. The van der Waals surface area contributed by atoms with Crippen molar-refractivity contribution in [1.82, 2.24) is 14.5 Å². The van der Waals surface area contributed by atoms with E-state index in [0.29, 0.717) is 5.39 Å². The number of nitrogens with zero attached hydrogens (tertiary/aromatic N) is 3. The average Bonchev–Trinajstić information content (AvgIpc) is 3.51. The van der Waals surface area contributed by atoms with E-state index in [2.05, 4.69) is 31.2 Å². The second kappa shape index (κ2) is 7.85. The zero-order chi connectivity index (χ0) is 22.5. The molecule has 2 atom stereocenters. The van der Waals surface area contributed by atoms with E-state index < -0.39 is 41.2 Å². The molecule has 164 valence electrons. The van der Waals surface area contributed by atoms with E-state index in [-0.39, 0.29) is 34.3 Å². The number of anilines is 1. The van der Waals surface area contributed by atoms with Gasteiger partial charge < -0.3 is 9.88 Å². The summed E-state index contributed by atoms with van der Waals surface area (Å²) in [6.07, 6.45) is -0.213. The van der Waals surface area contributed by atoms with Crippen molar-refractivity contribution in [3.63, 3.8) is 0 Å². The van der Waals surface area contributed by atoms with Crippen molar-refractivity contribution in [3.05, 3.63) is 62.5 Å². The average molecular weight is 503 g/mol. The summed E-state index contributed by atoms with van der Waals surface area (Å²) in [4.78, 5) is 20.8. The van der Waals surface area contributed by atoms with Gasteiger partial charge in [-0.15, -0.1) is 0 Å². The van der Waals surface area contributed by atoms with Crippen molar-refractivity contribution in [1.29, 1.82) is 0 Å². The number of fused-ring (bicyclic) bond motifs is 1. The lowest BCUT2D eigenvalue weighted by Crippen LogP contribution is -2.24. The molecule has 3 aromatic rings. The third-order valence-corrected chi connectivity index (χ3v) is 6.05. The fraction of sp³-hybridized carbons (Fsp3) is 0.350. The van der Waals surface area contributed by atoms with Crippen LogP contribution in [0, 0.1) is 11.7 Å². The van der Waals surface area contributed by atoms with Gasteiger partial charge in [-0.05, 0) is 29.3 Å². The maximum atomic E-state index is 14.3. The summed E-state index contributed by atoms with van der Waals surface area (Å²) in [5.41, 5.74) is -0.945. The van der Waals surface area contributed by atoms with Gasteiger partial charge in [0.05, 0.1) is 16.5 Å². The highest BCUT2D eigenvalue weighted by Crippen LogP contribution is 2.52. The van der Waals surface area contributed by atoms with Crippen LogP contribution in [0.15, 0.2) is 40.0 Å². The number of hydrogen-bond donors (Lipinski definition) is 1. The highest BCUT2D eigenvalue weighted by molar-refractivity contribution is 9.10. The molecule has 31 heavy (non-hydrogen) atoms. The Morgan fingerprint density at radius 3 is 2.71 bits per heavy atom. The molecule has 2 unspecified atom stereocenters. The lowest BCUT2D eigenvalue weighted by molar-refractivity contribution is -0.00675. The molecule has 2 heterocycles. The van der Waals surface area contributed by atoms with Crippen LogP contribution in [-0.2, 0) is 6.54 Å². The van der Waals surface area contributed by atoms with Gasteiger partial charge in [0.15, 0.2) is 0 Å². The molecule has 0 spiro atoms. The highest BCUT2D eigenvalue weighted by Gasteiger charge is 2.53. The number of pyridine rings is 1. The fourth-order valence-electron chi connectivity index (χ4n) is 3.61. The number of nitrogens with one attached hydrogen (secondary N) is 1. The second-order valence-electron chi connectivity index (χ2n) is 7.48. The number of halogens is 6. The summed E-state index contributed by atoms with van der Waals surface area (Å²) in [5, 5.41) is 3.22. The van der Waals surface area contributed by atoms with Crippen molar-refractivity contribution in [3.8, 4) is 0 Å². The molecule has 4 rings (SSSR count). The van der Waals surface area contributed by atoms with Gasteiger partial charge in [0, 0.05) is 30.3 Å². The lowest BCUT2D eigenvalue weighted by atomic mass is 10.1. The summed E-state index contributed by atoms with van der Waals surface area (Å²) in [6.45, 7) is 0.658. The Morgan fingerprint density at radius 2 is 2.06 bits per heavy atom. The molecular weight excluding hydrogens is 487 g/mol. The molecule has 1 saturated carbocycles. The van der Waals surface area contributed by atoms with Crippen molar-refractivity contribution in [2.75, 3.05) is 5.32 Å². The number of aromatic nitrogens is 3. The van der Waals surface area contributed by atoms with Crippen LogP contribution in [0.3, 0.4) is 0 Å². The van der Waals surface area contributed by atoms with E-state index in [1.165, 1.54) is 29.2 Å². The smallest absolute Gasteiger partial charge is 0.267 e. The first-order valence-corrected chi connectivity index (χ1v) is 10.1. The van der Waals surface area contributed by atoms with Crippen LogP contribution in [0.25, 0.3) is 10.9 Å². The minimum atomic E-state index is -2.95. The second-order valence-corrected chi connectivity index (χ2v) is 8.27. The van der Waals surface area contributed by atoms with E-state index in [0.717, 1.165) is 13.0 Å². The maximum Gasteiger partial charge on any atom is 0.267 e. The molecular formula is C20H16BrF5N4O. The number of alkyl halides is 4. The molecule has 1 aliphatic rings. The van der Waals surface area contributed by atoms with Crippen molar-refractivity contribution in [2.24, 2.45) is 5.92 Å². The summed E-state index contributed by atoms with van der Waals surface area (Å²) >= 11 is 3.18. The van der Waals surface area contributed by atoms with Crippen LogP contribution in [0.4, 0.5) is 27.8 Å². The third-order valence-electron chi connectivity index (χ3n) is 5.34.